The van der Waals surface area contributed by atoms with Crippen molar-refractivity contribution in [2.75, 3.05) is 6.54 Å². The zero-order valence-electron chi connectivity index (χ0n) is 12.2. The quantitative estimate of drug-likeness (QED) is 0.792. The van der Waals surface area contributed by atoms with Crippen LogP contribution in [0.15, 0.2) is 22.7 Å². The lowest BCUT2D eigenvalue weighted by Gasteiger charge is -2.12. The van der Waals surface area contributed by atoms with Gasteiger partial charge in [-0.05, 0) is 19.5 Å². The number of aromatic nitrogens is 3. The first-order valence-electron chi connectivity index (χ1n) is 6.58. The molecule has 1 atom stereocenters. The Morgan fingerprint density at radius 1 is 1.48 bits per heavy atom. The zero-order chi connectivity index (χ0) is 15.5. The largest absolute Gasteiger partial charge is 0.319 e. The number of rotatable bonds is 7. The van der Waals surface area contributed by atoms with Crippen LogP contribution in [-0.2, 0) is 23.6 Å². The molecule has 0 bridgehead atoms. The van der Waals surface area contributed by atoms with E-state index in [0.717, 1.165) is 11.4 Å². The smallest absolute Gasteiger partial charge is 0.242 e. The van der Waals surface area contributed by atoms with Crippen LogP contribution in [0.5, 0.6) is 0 Å². The minimum absolute atomic E-state index is 0.287. The lowest BCUT2D eigenvalue weighted by atomic mass is 10.3. The molecule has 0 saturated carbocycles. The zero-order valence-corrected chi connectivity index (χ0v) is 13.8. The van der Waals surface area contributed by atoms with Gasteiger partial charge in [0.15, 0.2) is 0 Å². The lowest BCUT2D eigenvalue weighted by molar-refractivity contribution is 0.553. The van der Waals surface area contributed by atoms with E-state index in [4.69, 9.17) is 0 Å². The van der Waals surface area contributed by atoms with E-state index in [-0.39, 0.29) is 4.90 Å². The molecule has 2 aromatic rings. The van der Waals surface area contributed by atoms with Crippen molar-refractivity contribution in [1.82, 2.24) is 24.8 Å². The van der Waals surface area contributed by atoms with Crippen LogP contribution in [0.2, 0.25) is 0 Å². The van der Waals surface area contributed by atoms with Gasteiger partial charge in [0.05, 0.1) is 10.9 Å². The summed E-state index contributed by atoms with van der Waals surface area (Å²) < 4.78 is 29.0. The van der Waals surface area contributed by atoms with E-state index in [1.54, 1.807) is 36.3 Å². The Hall–Kier alpha value is -1.29. The second-order valence-corrected chi connectivity index (χ2v) is 7.38. The Labute approximate surface area is 128 Å². The van der Waals surface area contributed by atoms with Gasteiger partial charge in [0.25, 0.3) is 0 Å². The van der Waals surface area contributed by atoms with E-state index < -0.39 is 16.1 Å². The molecule has 116 valence electrons. The third-order valence-corrected chi connectivity index (χ3v) is 5.56. The third kappa shape index (κ3) is 3.88. The van der Waals surface area contributed by atoms with E-state index in [2.05, 4.69) is 20.2 Å². The van der Waals surface area contributed by atoms with Crippen LogP contribution >= 0.6 is 11.3 Å². The molecular weight excluding hydrogens is 310 g/mol. The van der Waals surface area contributed by atoms with Crippen LogP contribution in [0.1, 0.15) is 30.6 Å². The van der Waals surface area contributed by atoms with Crippen molar-refractivity contribution < 1.29 is 8.42 Å². The molecule has 7 nitrogen and oxygen atoms in total. The molecule has 0 amide bonds. The first-order valence-corrected chi connectivity index (χ1v) is 8.94. The minimum atomic E-state index is -3.55. The normalized spacial score (nSPS) is 13.5. The molecule has 0 spiro atoms. The van der Waals surface area contributed by atoms with Crippen molar-refractivity contribution in [3.05, 3.63) is 28.5 Å². The minimum Gasteiger partial charge on any atom is -0.319 e. The summed E-state index contributed by atoms with van der Waals surface area (Å²) in [5.74, 6) is 0.571. The molecule has 1 unspecified atom stereocenters. The maximum atomic E-state index is 12.4. The van der Waals surface area contributed by atoms with Crippen molar-refractivity contribution in [2.24, 2.45) is 7.05 Å². The fourth-order valence-corrected chi connectivity index (χ4v) is 4.33. The van der Waals surface area contributed by atoms with Crippen molar-refractivity contribution >= 4 is 21.4 Å². The highest BCUT2D eigenvalue weighted by atomic mass is 32.2. The summed E-state index contributed by atoms with van der Waals surface area (Å²) in [6.45, 7) is 5.28. The molecule has 0 fully saturated rings. The molecule has 2 N–H and O–H groups in total. The average molecular weight is 329 g/mol. The fourth-order valence-electron chi connectivity index (χ4n) is 1.88. The third-order valence-electron chi connectivity index (χ3n) is 2.95. The Balaban J connectivity index is 2.11. The molecule has 0 saturated heterocycles. The van der Waals surface area contributed by atoms with Gasteiger partial charge in [0, 0.05) is 23.8 Å². The van der Waals surface area contributed by atoms with Crippen LogP contribution in [0.25, 0.3) is 0 Å². The van der Waals surface area contributed by atoms with Gasteiger partial charge in [0.2, 0.25) is 10.0 Å². The van der Waals surface area contributed by atoms with Crippen LogP contribution in [0.4, 0.5) is 0 Å². The Morgan fingerprint density at radius 3 is 2.86 bits per heavy atom. The van der Waals surface area contributed by atoms with E-state index in [0.29, 0.717) is 12.4 Å². The van der Waals surface area contributed by atoms with Crippen LogP contribution in [-0.4, -0.2) is 29.7 Å². The molecule has 2 aromatic heterocycles. The number of hydrogen-bond acceptors (Lipinski definition) is 6. The van der Waals surface area contributed by atoms with Crippen LogP contribution in [0.3, 0.4) is 0 Å². The molecule has 0 aliphatic rings. The van der Waals surface area contributed by atoms with E-state index in [9.17, 15) is 8.42 Å². The highest BCUT2D eigenvalue weighted by Gasteiger charge is 2.22. The van der Waals surface area contributed by atoms with Crippen LogP contribution in [0, 0.1) is 0 Å². The maximum Gasteiger partial charge on any atom is 0.242 e. The second-order valence-electron chi connectivity index (χ2n) is 4.67. The number of sulfonamides is 1. The highest BCUT2D eigenvalue weighted by Crippen LogP contribution is 2.21. The predicted octanol–water partition coefficient (Wildman–Crippen LogP) is 1.03. The number of thiophene rings is 1. The summed E-state index contributed by atoms with van der Waals surface area (Å²) in [5, 5.41) is 12.5. The van der Waals surface area contributed by atoms with Gasteiger partial charge < -0.3 is 9.88 Å². The Kier molecular flexibility index (Phi) is 5.09. The molecule has 0 aliphatic carbocycles. The average Bonchev–Trinajstić information content (AvgIpc) is 3.04. The standard InChI is InChI=1S/C12H19N5O2S2/c1-4-13-6-10-5-11(7-20-10)21(18,19)16-9(2)12-15-14-8-17(12)3/h5,7-9,13,16H,4,6H2,1-3H3. The number of aryl methyl sites for hydroxylation is 1. The molecular formula is C12H19N5O2S2. The van der Waals surface area contributed by atoms with Gasteiger partial charge in [-0.15, -0.1) is 21.5 Å². The molecule has 0 aliphatic heterocycles. The molecule has 0 radical (unpaired) electrons. The molecule has 0 aromatic carbocycles. The lowest BCUT2D eigenvalue weighted by Crippen LogP contribution is -2.28. The van der Waals surface area contributed by atoms with Gasteiger partial charge in [0.1, 0.15) is 12.2 Å². The molecule has 9 heteroatoms. The fraction of sp³-hybridized carbons (Fsp3) is 0.500. The first-order chi connectivity index (χ1) is 9.94. The van der Waals surface area contributed by atoms with Crippen molar-refractivity contribution in [2.45, 2.75) is 31.3 Å². The number of nitrogens with one attached hydrogen (secondary N) is 2. The van der Waals surface area contributed by atoms with Crippen molar-refractivity contribution in [3.8, 4) is 0 Å². The van der Waals surface area contributed by atoms with E-state index in [1.165, 1.54) is 11.3 Å². The Bertz CT molecular complexity index is 692. The van der Waals surface area contributed by atoms with Gasteiger partial charge in [-0.25, -0.2) is 13.1 Å². The summed E-state index contributed by atoms with van der Waals surface area (Å²) in [5.41, 5.74) is 0. The van der Waals surface area contributed by atoms with Gasteiger partial charge in [-0.1, -0.05) is 6.92 Å². The first kappa shape index (κ1) is 16.1. The summed E-state index contributed by atoms with van der Waals surface area (Å²) in [6, 6.07) is 1.25. The van der Waals surface area contributed by atoms with Crippen LogP contribution < -0.4 is 10.0 Å². The molecule has 2 heterocycles. The number of hydrogen-bond donors (Lipinski definition) is 2. The Morgan fingerprint density at radius 2 is 2.24 bits per heavy atom. The van der Waals surface area contributed by atoms with Crippen molar-refractivity contribution in [1.29, 1.82) is 0 Å². The number of nitrogens with zero attached hydrogens (tertiary/aromatic N) is 3. The monoisotopic (exact) mass is 329 g/mol. The molecule has 2 rings (SSSR count). The van der Waals surface area contributed by atoms with Crippen molar-refractivity contribution in [3.63, 3.8) is 0 Å². The topological polar surface area (TPSA) is 88.9 Å². The van der Waals surface area contributed by atoms with E-state index >= 15 is 0 Å². The summed E-state index contributed by atoms with van der Waals surface area (Å²) in [7, 11) is -1.78. The maximum absolute atomic E-state index is 12.4. The summed E-state index contributed by atoms with van der Waals surface area (Å²) in [6.07, 6.45) is 1.54. The van der Waals surface area contributed by atoms with Gasteiger partial charge in [-0.2, -0.15) is 0 Å². The summed E-state index contributed by atoms with van der Waals surface area (Å²) in [4.78, 5) is 1.28. The predicted molar refractivity (Wildman–Crippen MR) is 81.4 cm³/mol. The summed E-state index contributed by atoms with van der Waals surface area (Å²) >= 11 is 1.43. The van der Waals surface area contributed by atoms with Gasteiger partial charge in [-0.3, -0.25) is 0 Å². The highest BCUT2D eigenvalue weighted by molar-refractivity contribution is 7.89. The molecule has 21 heavy (non-hydrogen) atoms. The van der Waals surface area contributed by atoms with Gasteiger partial charge >= 0.3 is 0 Å². The van der Waals surface area contributed by atoms with E-state index in [1.807, 2.05) is 6.92 Å². The SMILES string of the molecule is CCNCc1cc(S(=O)(=O)NC(C)c2nncn2C)cs1. The second kappa shape index (κ2) is 6.65.